The Labute approximate surface area is 110 Å². The van der Waals surface area contributed by atoms with E-state index < -0.39 is 12.0 Å². The number of hydrogen-bond donors (Lipinski definition) is 4. The first-order valence-corrected chi connectivity index (χ1v) is 6.34. The number of H-pyrrole nitrogens is 1. The molecule has 0 saturated heterocycles. The van der Waals surface area contributed by atoms with Gasteiger partial charge in [-0.05, 0) is 12.8 Å². The third kappa shape index (κ3) is 3.31. The molecule has 1 aliphatic carbocycles. The number of amides is 1. The van der Waals surface area contributed by atoms with Crippen LogP contribution in [0.3, 0.4) is 0 Å². The van der Waals surface area contributed by atoms with Crippen LogP contribution in [0.2, 0.25) is 0 Å². The molecule has 19 heavy (non-hydrogen) atoms. The number of carbonyl (C=O) groups is 2. The number of aliphatic carboxylic acids is 1. The molecule has 2 unspecified atom stereocenters. The van der Waals surface area contributed by atoms with Crippen molar-refractivity contribution in [2.24, 2.45) is 11.7 Å². The Morgan fingerprint density at radius 2 is 2.37 bits per heavy atom. The van der Waals surface area contributed by atoms with Crippen LogP contribution in [-0.2, 0) is 16.0 Å². The van der Waals surface area contributed by atoms with Crippen LogP contribution in [0.5, 0.6) is 0 Å². The van der Waals surface area contributed by atoms with E-state index in [4.69, 9.17) is 10.8 Å². The van der Waals surface area contributed by atoms with E-state index in [1.807, 2.05) is 0 Å². The second kappa shape index (κ2) is 5.83. The molecule has 1 aromatic heterocycles. The highest BCUT2D eigenvalue weighted by Gasteiger charge is 2.32. The molecule has 2 rings (SSSR count). The Bertz CT molecular complexity index is 446. The van der Waals surface area contributed by atoms with E-state index in [9.17, 15) is 9.59 Å². The molecule has 1 fully saturated rings. The maximum absolute atomic E-state index is 12.0. The lowest BCUT2D eigenvalue weighted by Gasteiger charge is -2.19. The molecule has 5 N–H and O–H groups in total. The monoisotopic (exact) mass is 266 g/mol. The number of nitrogens with one attached hydrogen (secondary N) is 2. The van der Waals surface area contributed by atoms with Gasteiger partial charge in [0.2, 0.25) is 5.91 Å². The summed E-state index contributed by atoms with van der Waals surface area (Å²) in [5.41, 5.74) is 6.51. The van der Waals surface area contributed by atoms with E-state index in [0.717, 1.165) is 19.3 Å². The van der Waals surface area contributed by atoms with Crippen LogP contribution >= 0.6 is 0 Å². The topological polar surface area (TPSA) is 121 Å². The average Bonchev–Trinajstić information content (AvgIpc) is 2.99. The van der Waals surface area contributed by atoms with E-state index in [0.29, 0.717) is 5.69 Å². The Kier molecular flexibility index (Phi) is 4.16. The number of nitrogens with two attached hydrogens (primary N) is 1. The fourth-order valence-corrected chi connectivity index (χ4v) is 2.41. The second-order valence-corrected chi connectivity index (χ2v) is 4.88. The van der Waals surface area contributed by atoms with Crippen molar-refractivity contribution in [2.45, 2.75) is 37.8 Å². The molecule has 104 valence electrons. The lowest BCUT2D eigenvalue weighted by atomic mass is 10.0. The summed E-state index contributed by atoms with van der Waals surface area (Å²) < 4.78 is 0. The van der Waals surface area contributed by atoms with Crippen LogP contribution in [0.1, 0.15) is 25.0 Å². The number of carboxylic acid groups (broad SMARTS) is 1. The molecule has 7 heteroatoms. The number of imidazole rings is 1. The fourth-order valence-electron chi connectivity index (χ4n) is 2.41. The normalized spacial score (nSPS) is 24.1. The molecule has 7 nitrogen and oxygen atoms in total. The molecule has 1 saturated carbocycles. The molecule has 0 spiro atoms. The van der Waals surface area contributed by atoms with Crippen molar-refractivity contribution in [3.8, 4) is 0 Å². The van der Waals surface area contributed by atoms with Gasteiger partial charge in [-0.25, -0.2) is 9.78 Å². The van der Waals surface area contributed by atoms with Gasteiger partial charge in [0.05, 0.1) is 12.2 Å². The lowest BCUT2D eigenvalue weighted by Crippen LogP contribution is -2.47. The van der Waals surface area contributed by atoms with Crippen molar-refractivity contribution in [1.82, 2.24) is 15.3 Å². The number of carboxylic acids is 1. The highest BCUT2D eigenvalue weighted by molar-refractivity contribution is 5.85. The molecular weight excluding hydrogens is 248 g/mol. The minimum absolute atomic E-state index is 0.165. The number of hydrogen-bond acceptors (Lipinski definition) is 4. The van der Waals surface area contributed by atoms with Crippen LogP contribution in [0.25, 0.3) is 0 Å². The predicted molar refractivity (Wildman–Crippen MR) is 67.2 cm³/mol. The summed E-state index contributed by atoms with van der Waals surface area (Å²) in [6.07, 6.45) is 5.66. The summed E-state index contributed by atoms with van der Waals surface area (Å²) in [6, 6.07) is -1.12. The molecule has 1 aliphatic rings. The van der Waals surface area contributed by atoms with E-state index in [2.05, 4.69) is 15.3 Å². The molecule has 1 amide bonds. The molecule has 1 aromatic rings. The Morgan fingerprint density at radius 3 is 2.89 bits per heavy atom. The molecule has 1 heterocycles. The maximum Gasteiger partial charge on any atom is 0.326 e. The summed E-state index contributed by atoms with van der Waals surface area (Å²) in [5, 5.41) is 11.7. The van der Waals surface area contributed by atoms with Gasteiger partial charge in [-0.2, -0.15) is 0 Å². The van der Waals surface area contributed by atoms with Crippen molar-refractivity contribution in [3.05, 3.63) is 18.2 Å². The maximum atomic E-state index is 12.0. The third-order valence-electron chi connectivity index (χ3n) is 3.50. The van der Waals surface area contributed by atoms with Gasteiger partial charge in [-0.15, -0.1) is 0 Å². The van der Waals surface area contributed by atoms with Crippen LogP contribution in [-0.4, -0.2) is 39.0 Å². The average molecular weight is 266 g/mol. The van der Waals surface area contributed by atoms with Crippen LogP contribution in [0, 0.1) is 5.92 Å². The highest BCUT2D eigenvalue weighted by Crippen LogP contribution is 2.24. The first kappa shape index (κ1) is 13.5. The largest absolute Gasteiger partial charge is 0.480 e. The molecule has 3 atom stereocenters. The fraction of sp³-hybridized carbons (Fsp3) is 0.583. The van der Waals surface area contributed by atoms with E-state index >= 15 is 0 Å². The van der Waals surface area contributed by atoms with Gasteiger partial charge in [0, 0.05) is 24.4 Å². The smallest absolute Gasteiger partial charge is 0.326 e. The van der Waals surface area contributed by atoms with E-state index in [1.54, 1.807) is 6.20 Å². The van der Waals surface area contributed by atoms with Gasteiger partial charge >= 0.3 is 5.97 Å². The minimum Gasteiger partial charge on any atom is -0.480 e. The van der Waals surface area contributed by atoms with Gasteiger partial charge in [-0.1, -0.05) is 6.42 Å². The van der Waals surface area contributed by atoms with Gasteiger partial charge in [0.1, 0.15) is 6.04 Å². The number of rotatable bonds is 5. The third-order valence-corrected chi connectivity index (χ3v) is 3.50. The van der Waals surface area contributed by atoms with Crippen molar-refractivity contribution in [2.75, 3.05) is 0 Å². The van der Waals surface area contributed by atoms with Gasteiger partial charge in [-0.3, -0.25) is 4.79 Å². The van der Waals surface area contributed by atoms with Crippen LogP contribution in [0.4, 0.5) is 0 Å². The predicted octanol–water partition coefficient (Wildman–Crippen LogP) is -0.351. The summed E-state index contributed by atoms with van der Waals surface area (Å²) in [7, 11) is 0. The van der Waals surface area contributed by atoms with Crippen molar-refractivity contribution in [1.29, 1.82) is 0 Å². The summed E-state index contributed by atoms with van der Waals surface area (Å²) in [6.45, 7) is 0. The zero-order valence-corrected chi connectivity index (χ0v) is 10.5. The zero-order chi connectivity index (χ0) is 13.8. The summed E-state index contributed by atoms with van der Waals surface area (Å²) >= 11 is 0. The molecule has 0 aliphatic heterocycles. The number of aromatic nitrogens is 2. The standard InChI is InChI=1S/C12H18N4O3/c13-9-3-1-2-8(9)11(17)16-10(12(18)19)4-7-5-14-6-15-7/h5-6,8-10H,1-4,13H2,(H,14,15)(H,16,17)(H,18,19)/t8?,9?,10-/m0/s1. The van der Waals surface area contributed by atoms with Gasteiger partial charge in [0.25, 0.3) is 0 Å². The van der Waals surface area contributed by atoms with Crippen molar-refractivity contribution in [3.63, 3.8) is 0 Å². The Balaban J connectivity index is 1.96. The zero-order valence-electron chi connectivity index (χ0n) is 10.5. The summed E-state index contributed by atoms with van der Waals surface area (Å²) in [4.78, 5) is 29.8. The first-order chi connectivity index (χ1) is 9.08. The van der Waals surface area contributed by atoms with E-state index in [1.165, 1.54) is 6.33 Å². The SMILES string of the molecule is NC1CCCC1C(=O)N[C@@H](Cc1cnc[nH]1)C(=O)O. The number of carbonyl (C=O) groups excluding carboxylic acids is 1. The number of aromatic amines is 1. The van der Waals surface area contributed by atoms with Crippen molar-refractivity contribution < 1.29 is 14.7 Å². The molecule has 0 aromatic carbocycles. The molecule has 0 bridgehead atoms. The quantitative estimate of drug-likeness (QED) is 0.580. The summed E-state index contributed by atoms with van der Waals surface area (Å²) in [5.74, 6) is -1.60. The highest BCUT2D eigenvalue weighted by atomic mass is 16.4. The second-order valence-electron chi connectivity index (χ2n) is 4.88. The minimum atomic E-state index is -1.06. The van der Waals surface area contributed by atoms with E-state index in [-0.39, 0.29) is 24.3 Å². The van der Waals surface area contributed by atoms with Gasteiger partial charge in [0.15, 0.2) is 0 Å². The Hall–Kier alpha value is -1.89. The first-order valence-electron chi connectivity index (χ1n) is 6.34. The van der Waals surface area contributed by atoms with Gasteiger partial charge < -0.3 is 21.1 Å². The lowest BCUT2D eigenvalue weighted by molar-refractivity contribution is -0.142. The number of nitrogens with zero attached hydrogens (tertiary/aromatic N) is 1. The molecule has 0 radical (unpaired) electrons. The van der Waals surface area contributed by atoms with Crippen LogP contribution in [0.15, 0.2) is 12.5 Å². The molecular formula is C12H18N4O3. The van der Waals surface area contributed by atoms with Crippen LogP contribution < -0.4 is 11.1 Å². The van der Waals surface area contributed by atoms with Crippen molar-refractivity contribution >= 4 is 11.9 Å². The Morgan fingerprint density at radius 1 is 1.58 bits per heavy atom.